The van der Waals surface area contributed by atoms with Crippen LogP contribution in [-0.2, 0) is 41.1 Å². The van der Waals surface area contributed by atoms with Crippen LogP contribution in [0.4, 0.5) is 39.5 Å². The minimum Gasteiger partial charge on any atom is -0.481 e. The fourth-order valence-corrected chi connectivity index (χ4v) is 9.05. The van der Waals surface area contributed by atoms with Gasteiger partial charge in [-0.2, -0.15) is 26.3 Å². The third-order valence-corrected chi connectivity index (χ3v) is 12.5. The molecule has 0 aliphatic heterocycles. The number of halogens is 9. The van der Waals surface area contributed by atoms with E-state index < -0.39 is 73.7 Å². The molecular formula is C36H36F9NO6S. The summed E-state index contributed by atoms with van der Waals surface area (Å²) in [7, 11) is -2.77. The molecule has 2 N–H and O–H groups in total. The number of ether oxygens (including phenoxy) is 1. The van der Waals surface area contributed by atoms with E-state index in [2.05, 4.69) is 10.1 Å². The number of carboxylic acids is 1. The molecule has 3 aromatic carbocycles. The van der Waals surface area contributed by atoms with Crippen LogP contribution in [0.15, 0.2) is 71.6 Å². The molecule has 2 aliphatic carbocycles. The molecule has 0 radical (unpaired) electrons. The third kappa shape index (κ3) is 8.41. The Morgan fingerprint density at radius 1 is 0.868 bits per heavy atom. The van der Waals surface area contributed by atoms with Gasteiger partial charge in [-0.1, -0.05) is 30.3 Å². The summed E-state index contributed by atoms with van der Waals surface area (Å²) in [6, 6.07) is 8.31. The molecule has 2 aliphatic rings. The van der Waals surface area contributed by atoms with Gasteiger partial charge in [-0.25, -0.2) is 21.6 Å². The van der Waals surface area contributed by atoms with Gasteiger partial charge in [0.25, 0.3) is 5.60 Å². The van der Waals surface area contributed by atoms with E-state index in [1.165, 1.54) is 0 Å². The smallest absolute Gasteiger partial charge is 0.430 e. The van der Waals surface area contributed by atoms with Crippen LogP contribution in [0.1, 0.15) is 61.6 Å². The molecule has 0 amide bonds. The van der Waals surface area contributed by atoms with Crippen molar-refractivity contribution in [2.24, 2.45) is 11.8 Å². The van der Waals surface area contributed by atoms with Gasteiger partial charge in [0, 0.05) is 23.1 Å². The molecular weight excluding hydrogens is 745 g/mol. The molecule has 5 rings (SSSR count). The maximum atomic E-state index is 14.3. The molecule has 290 valence electrons. The summed E-state index contributed by atoms with van der Waals surface area (Å²) in [5.74, 6) is -4.32. The van der Waals surface area contributed by atoms with Crippen LogP contribution in [0.2, 0.25) is 0 Å². The minimum absolute atomic E-state index is 0.0374. The van der Waals surface area contributed by atoms with Crippen molar-refractivity contribution in [1.29, 1.82) is 0 Å². The Hall–Kier alpha value is -3.96. The molecule has 0 spiro atoms. The first-order valence-electron chi connectivity index (χ1n) is 16.4. The van der Waals surface area contributed by atoms with Crippen molar-refractivity contribution in [3.05, 3.63) is 101 Å². The quantitative estimate of drug-likeness (QED) is 0.121. The highest BCUT2D eigenvalue weighted by molar-refractivity contribution is 7.92. The second kappa shape index (κ2) is 16.2. The SMILES string of the molecule is CNC1CCC(c2ccc(C(OCc3c(F)cccc3F)(C(F)(F)F)C(F)(F)F)cc2)(S(=O)(=O)c2ccc(F)cc2)C1.O=CC1CCC(C(=O)O)CC1. The molecule has 17 heteroatoms. The van der Waals surface area contributed by atoms with Crippen LogP contribution >= 0.6 is 0 Å². The molecule has 2 atom stereocenters. The van der Waals surface area contributed by atoms with E-state index in [-0.39, 0.29) is 41.2 Å². The monoisotopic (exact) mass is 781 g/mol. The number of hydrogen-bond acceptors (Lipinski definition) is 6. The third-order valence-electron chi connectivity index (χ3n) is 9.94. The van der Waals surface area contributed by atoms with E-state index in [1.807, 2.05) is 0 Å². The summed E-state index contributed by atoms with van der Waals surface area (Å²) < 4.78 is 158. The van der Waals surface area contributed by atoms with Crippen LogP contribution < -0.4 is 5.32 Å². The van der Waals surface area contributed by atoms with Gasteiger partial charge in [0.15, 0.2) is 9.84 Å². The number of carboxylic acid groups (broad SMARTS) is 1. The zero-order chi connectivity index (χ0) is 39.4. The number of aliphatic carboxylic acids is 1. The van der Waals surface area contributed by atoms with Crippen LogP contribution in [0.3, 0.4) is 0 Å². The fourth-order valence-electron chi connectivity index (χ4n) is 6.85. The van der Waals surface area contributed by atoms with E-state index in [4.69, 9.17) is 5.11 Å². The lowest BCUT2D eigenvalue weighted by atomic mass is 9.83. The van der Waals surface area contributed by atoms with Gasteiger partial charge in [-0.3, -0.25) is 4.79 Å². The van der Waals surface area contributed by atoms with Gasteiger partial charge < -0.3 is 20.0 Å². The van der Waals surface area contributed by atoms with Crippen molar-refractivity contribution in [2.75, 3.05) is 7.05 Å². The Balaban J connectivity index is 0.000000488. The number of nitrogens with one attached hydrogen (secondary N) is 1. The molecule has 53 heavy (non-hydrogen) atoms. The molecule has 0 heterocycles. The van der Waals surface area contributed by atoms with Crippen molar-refractivity contribution < 1.29 is 67.4 Å². The van der Waals surface area contributed by atoms with Gasteiger partial charge in [-0.05, 0) is 94.0 Å². The van der Waals surface area contributed by atoms with E-state index in [0.717, 1.165) is 61.6 Å². The van der Waals surface area contributed by atoms with Crippen LogP contribution in [0, 0.1) is 29.3 Å². The van der Waals surface area contributed by atoms with Gasteiger partial charge in [0.2, 0.25) is 0 Å². The Labute approximate surface area is 299 Å². The zero-order valence-corrected chi connectivity index (χ0v) is 28.9. The Morgan fingerprint density at radius 3 is 1.87 bits per heavy atom. The molecule has 2 unspecified atom stereocenters. The average Bonchev–Trinajstić information content (AvgIpc) is 3.56. The number of alkyl halides is 6. The maximum absolute atomic E-state index is 14.3. The summed E-state index contributed by atoms with van der Waals surface area (Å²) in [6.45, 7) is -1.72. The highest BCUT2D eigenvalue weighted by Gasteiger charge is 2.73. The second-order valence-corrected chi connectivity index (χ2v) is 15.3. The number of carbonyl (C=O) groups is 2. The molecule has 0 bridgehead atoms. The summed E-state index contributed by atoms with van der Waals surface area (Å²) in [5.41, 5.74) is -7.72. The second-order valence-electron chi connectivity index (χ2n) is 13.0. The van der Waals surface area contributed by atoms with Crippen LogP contribution in [0.5, 0.6) is 0 Å². The Bertz CT molecular complexity index is 1810. The minimum atomic E-state index is -6.16. The van der Waals surface area contributed by atoms with Crippen molar-refractivity contribution in [3.8, 4) is 0 Å². The first-order valence-corrected chi connectivity index (χ1v) is 17.9. The predicted molar refractivity (Wildman–Crippen MR) is 172 cm³/mol. The fraction of sp³-hybridized carbons (Fsp3) is 0.444. The first kappa shape index (κ1) is 41.8. The van der Waals surface area contributed by atoms with Crippen molar-refractivity contribution >= 4 is 22.1 Å². The largest absolute Gasteiger partial charge is 0.481 e. The molecule has 2 saturated carbocycles. The first-order chi connectivity index (χ1) is 24.7. The predicted octanol–water partition coefficient (Wildman–Crippen LogP) is 8.16. The number of hydrogen-bond donors (Lipinski definition) is 2. The van der Waals surface area contributed by atoms with Gasteiger partial charge in [-0.15, -0.1) is 0 Å². The van der Waals surface area contributed by atoms with E-state index in [1.54, 1.807) is 7.05 Å². The van der Waals surface area contributed by atoms with Crippen LogP contribution in [-0.4, -0.2) is 51.2 Å². The highest BCUT2D eigenvalue weighted by atomic mass is 32.2. The number of rotatable bonds is 10. The number of benzene rings is 3. The summed E-state index contributed by atoms with van der Waals surface area (Å²) in [5, 5.41) is 11.5. The zero-order valence-electron chi connectivity index (χ0n) is 28.1. The molecule has 0 aromatic heterocycles. The average molecular weight is 782 g/mol. The molecule has 2 fully saturated rings. The Kier molecular flexibility index (Phi) is 12.8. The van der Waals surface area contributed by atoms with Crippen LogP contribution in [0.25, 0.3) is 0 Å². The van der Waals surface area contributed by atoms with E-state index >= 15 is 0 Å². The number of carbonyl (C=O) groups excluding carboxylic acids is 1. The lowest BCUT2D eigenvalue weighted by Crippen LogP contribution is -2.56. The number of sulfone groups is 1. The van der Waals surface area contributed by atoms with E-state index in [9.17, 15) is 57.5 Å². The Morgan fingerprint density at radius 2 is 1.42 bits per heavy atom. The standard InChI is InChI=1S/C28H24F9NO3S.C8H12O3/c1-38-20-13-14-25(15-20,42(39,40)21-11-9-19(29)10-12-21)17-5-7-18(8-6-17)26(27(32,33)34,28(35,36)37)41-16-22-23(30)3-2-4-24(22)31;9-5-6-1-3-7(4-2-6)8(10)11/h2-12,20,38H,13-16H2,1H3;5-7H,1-4H2,(H,10,11). The summed E-state index contributed by atoms with van der Waals surface area (Å²) in [6.07, 6.45) is -8.34. The maximum Gasteiger partial charge on any atom is 0.430 e. The normalized spacial score (nSPS) is 22.5. The summed E-state index contributed by atoms with van der Waals surface area (Å²) in [4.78, 5) is 20.5. The van der Waals surface area contributed by atoms with Crippen molar-refractivity contribution in [2.45, 2.75) is 85.2 Å². The van der Waals surface area contributed by atoms with Gasteiger partial charge in [0.05, 0.1) is 17.4 Å². The van der Waals surface area contributed by atoms with Gasteiger partial charge >= 0.3 is 18.3 Å². The molecule has 0 saturated heterocycles. The highest BCUT2D eigenvalue weighted by Crippen LogP contribution is 2.55. The van der Waals surface area contributed by atoms with Crippen molar-refractivity contribution in [1.82, 2.24) is 5.32 Å². The topological polar surface area (TPSA) is 110 Å². The van der Waals surface area contributed by atoms with E-state index in [0.29, 0.717) is 43.5 Å². The lowest BCUT2D eigenvalue weighted by Gasteiger charge is -2.38. The number of aldehydes is 1. The summed E-state index contributed by atoms with van der Waals surface area (Å²) >= 11 is 0. The van der Waals surface area contributed by atoms with Crippen molar-refractivity contribution in [3.63, 3.8) is 0 Å². The van der Waals surface area contributed by atoms with Gasteiger partial charge in [0.1, 0.15) is 28.5 Å². The molecule has 7 nitrogen and oxygen atoms in total. The lowest BCUT2D eigenvalue weighted by molar-refractivity contribution is -0.392. The molecule has 3 aromatic rings.